The maximum absolute atomic E-state index is 13.2. The third-order valence-corrected chi connectivity index (χ3v) is 4.66. The molecule has 0 saturated heterocycles. The first-order valence-electron chi connectivity index (χ1n) is 9.05. The highest BCUT2D eigenvalue weighted by molar-refractivity contribution is 6.13. The van der Waals surface area contributed by atoms with Crippen LogP contribution in [0.25, 0.3) is 22.2 Å². The number of aryl methyl sites for hydroxylation is 2. The summed E-state index contributed by atoms with van der Waals surface area (Å²) < 4.78 is 13.2. The van der Waals surface area contributed by atoms with Crippen molar-refractivity contribution in [1.29, 1.82) is 0 Å². The van der Waals surface area contributed by atoms with Crippen LogP contribution in [-0.2, 0) is 0 Å². The van der Waals surface area contributed by atoms with Gasteiger partial charge in [-0.25, -0.2) is 9.37 Å². The second-order valence-corrected chi connectivity index (χ2v) is 6.86. The number of hydrogen-bond donors (Lipinski definition) is 1. The van der Waals surface area contributed by atoms with Gasteiger partial charge in [0.1, 0.15) is 5.82 Å². The van der Waals surface area contributed by atoms with Crippen LogP contribution in [0.2, 0.25) is 0 Å². The van der Waals surface area contributed by atoms with Gasteiger partial charge in [0.25, 0.3) is 5.91 Å². The van der Waals surface area contributed by atoms with Crippen molar-refractivity contribution in [3.05, 3.63) is 95.3 Å². The fourth-order valence-corrected chi connectivity index (χ4v) is 3.36. The van der Waals surface area contributed by atoms with E-state index in [9.17, 15) is 9.18 Å². The fraction of sp³-hybridized carbons (Fsp3) is 0.0833. The summed E-state index contributed by atoms with van der Waals surface area (Å²) in [5, 5.41) is 3.66. The van der Waals surface area contributed by atoms with E-state index in [1.54, 1.807) is 12.1 Å². The van der Waals surface area contributed by atoms with E-state index in [1.807, 2.05) is 56.3 Å². The Morgan fingerprint density at radius 1 is 0.929 bits per heavy atom. The first-order valence-corrected chi connectivity index (χ1v) is 9.05. The number of benzene rings is 3. The van der Waals surface area contributed by atoms with Crippen molar-refractivity contribution in [2.75, 3.05) is 5.32 Å². The molecule has 0 bridgehead atoms. The fourth-order valence-electron chi connectivity index (χ4n) is 3.36. The molecular formula is C24H19FN2O. The van der Waals surface area contributed by atoms with Crippen molar-refractivity contribution in [3.63, 3.8) is 0 Å². The Hall–Kier alpha value is -3.53. The van der Waals surface area contributed by atoms with E-state index >= 15 is 0 Å². The average molecular weight is 370 g/mol. The van der Waals surface area contributed by atoms with Gasteiger partial charge in [-0.3, -0.25) is 4.79 Å². The number of pyridine rings is 1. The van der Waals surface area contributed by atoms with Gasteiger partial charge < -0.3 is 5.32 Å². The number of aromatic nitrogens is 1. The van der Waals surface area contributed by atoms with Crippen LogP contribution in [0.4, 0.5) is 10.1 Å². The molecule has 138 valence electrons. The van der Waals surface area contributed by atoms with Gasteiger partial charge in [-0.15, -0.1) is 0 Å². The lowest BCUT2D eigenvalue weighted by molar-refractivity contribution is 0.102. The molecule has 0 radical (unpaired) electrons. The minimum absolute atomic E-state index is 0.249. The van der Waals surface area contributed by atoms with E-state index < -0.39 is 0 Å². The largest absolute Gasteiger partial charge is 0.322 e. The first-order chi connectivity index (χ1) is 13.5. The van der Waals surface area contributed by atoms with Gasteiger partial charge in [-0.2, -0.15) is 0 Å². The van der Waals surface area contributed by atoms with Crippen molar-refractivity contribution in [1.82, 2.24) is 4.98 Å². The Kier molecular flexibility index (Phi) is 4.62. The van der Waals surface area contributed by atoms with Crippen molar-refractivity contribution in [2.45, 2.75) is 13.8 Å². The predicted molar refractivity (Wildman–Crippen MR) is 111 cm³/mol. The number of nitrogens with one attached hydrogen (secondary N) is 1. The molecule has 0 unspecified atom stereocenters. The van der Waals surface area contributed by atoms with E-state index in [4.69, 9.17) is 4.98 Å². The lowest BCUT2D eigenvalue weighted by Gasteiger charge is -2.13. The van der Waals surface area contributed by atoms with Crippen molar-refractivity contribution in [3.8, 4) is 11.3 Å². The van der Waals surface area contributed by atoms with Crippen LogP contribution < -0.4 is 5.32 Å². The number of nitrogens with zero attached hydrogens (tertiary/aromatic N) is 1. The Labute approximate surface area is 162 Å². The summed E-state index contributed by atoms with van der Waals surface area (Å²) >= 11 is 0. The number of anilines is 1. The molecule has 0 aliphatic rings. The van der Waals surface area contributed by atoms with Crippen molar-refractivity contribution in [2.24, 2.45) is 0 Å². The van der Waals surface area contributed by atoms with E-state index in [0.717, 1.165) is 33.3 Å². The number of amides is 1. The van der Waals surface area contributed by atoms with Crippen LogP contribution in [-0.4, -0.2) is 10.9 Å². The molecule has 1 aromatic heterocycles. The molecule has 0 aliphatic heterocycles. The summed E-state index contributed by atoms with van der Waals surface area (Å²) in [7, 11) is 0. The van der Waals surface area contributed by atoms with Gasteiger partial charge >= 0.3 is 0 Å². The van der Waals surface area contributed by atoms with Crippen LogP contribution >= 0.6 is 0 Å². The second kappa shape index (κ2) is 7.24. The summed E-state index contributed by atoms with van der Waals surface area (Å²) in [5.41, 5.74) is 5.65. The molecule has 3 nitrogen and oxygen atoms in total. The maximum atomic E-state index is 13.2. The zero-order valence-electron chi connectivity index (χ0n) is 15.7. The summed E-state index contributed by atoms with van der Waals surface area (Å²) in [6, 6.07) is 21.4. The molecule has 3 aromatic carbocycles. The highest BCUT2D eigenvalue weighted by Crippen LogP contribution is 2.28. The molecule has 28 heavy (non-hydrogen) atoms. The van der Waals surface area contributed by atoms with Gasteiger partial charge in [0, 0.05) is 16.6 Å². The second-order valence-electron chi connectivity index (χ2n) is 6.86. The van der Waals surface area contributed by atoms with Crippen molar-refractivity contribution < 1.29 is 9.18 Å². The van der Waals surface area contributed by atoms with Gasteiger partial charge in [0.15, 0.2) is 0 Å². The standard InChI is InChI=1S/C24H19FN2O/c1-15-12-16(2)23-20(13-15)21(14-22(27-23)17-6-4-3-5-7-17)24(28)26-19-10-8-18(25)9-11-19/h3-14H,1-2H3,(H,26,28). The summed E-state index contributed by atoms with van der Waals surface area (Å²) in [4.78, 5) is 17.9. The number of hydrogen-bond acceptors (Lipinski definition) is 2. The summed E-state index contributed by atoms with van der Waals surface area (Å²) in [6.45, 7) is 4.00. The predicted octanol–water partition coefficient (Wildman–Crippen LogP) is 5.91. The van der Waals surface area contributed by atoms with Gasteiger partial charge in [0.05, 0.1) is 16.8 Å². The third-order valence-electron chi connectivity index (χ3n) is 4.66. The molecule has 0 spiro atoms. The van der Waals surface area contributed by atoms with Gasteiger partial charge in [-0.05, 0) is 55.8 Å². The van der Waals surface area contributed by atoms with Crippen LogP contribution in [0.3, 0.4) is 0 Å². The highest BCUT2D eigenvalue weighted by Gasteiger charge is 2.16. The van der Waals surface area contributed by atoms with Crippen molar-refractivity contribution >= 4 is 22.5 Å². The van der Waals surface area contributed by atoms with E-state index in [1.165, 1.54) is 12.1 Å². The molecule has 1 amide bonds. The summed E-state index contributed by atoms with van der Waals surface area (Å²) in [5.74, 6) is -0.592. The SMILES string of the molecule is Cc1cc(C)c2nc(-c3ccccc3)cc(C(=O)Nc3ccc(F)cc3)c2c1. The molecule has 1 N–H and O–H groups in total. The van der Waals surface area contributed by atoms with Gasteiger partial charge in [-0.1, -0.05) is 42.0 Å². The minimum Gasteiger partial charge on any atom is -0.322 e. The lowest BCUT2D eigenvalue weighted by Crippen LogP contribution is -2.13. The molecule has 0 saturated carbocycles. The smallest absolute Gasteiger partial charge is 0.256 e. The lowest BCUT2D eigenvalue weighted by atomic mass is 9.99. The number of halogens is 1. The zero-order chi connectivity index (χ0) is 19.7. The van der Waals surface area contributed by atoms with E-state index in [-0.39, 0.29) is 11.7 Å². The molecule has 4 heteroatoms. The average Bonchev–Trinajstić information content (AvgIpc) is 2.69. The molecule has 0 atom stereocenters. The Morgan fingerprint density at radius 3 is 2.36 bits per heavy atom. The number of fused-ring (bicyclic) bond motifs is 1. The zero-order valence-corrected chi connectivity index (χ0v) is 15.7. The molecule has 4 aromatic rings. The molecule has 0 fully saturated rings. The Balaban J connectivity index is 1.87. The Bertz CT molecular complexity index is 1170. The van der Waals surface area contributed by atoms with E-state index in [0.29, 0.717) is 11.3 Å². The Morgan fingerprint density at radius 2 is 1.64 bits per heavy atom. The van der Waals surface area contributed by atoms with Gasteiger partial charge in [0.2, 0.25) is 0 Å². The normalized spacial score (nSPS) is 10.8. The van der Waals surface area contributed by atoms with Crippen LogP contribution in [0.5, 0.6) is 0 Å². The molecule has 1 heterocycles. The summed E-state index contributed by atoms with van der Waals surface area (Å²) in [6.07, 6.45) is 0. The van der Waals surface area contributed by atoms with Crippen LogP contribution in [0.1, 0.15) is 21.5 Å². The molecule has 4 rings (SSSR count). The van der Waals surface area contributed by atoms with Crippen LogP contribution in [0, 0.1) is 19.7 Å². The maximum Gasteiger partial charge on any atom is 0.256 e. The number of carbonyl (C=O) groups excluding carboxylic acids is 1. The first kappa shape index (κ1) is 17.9. The quantitative estimate of drug-likeness (QED) is 0.487. The van der Waals surface area contributed by atoms with E-state index in [2.05, 4.69) is 11.4 Å². The minimum atomic E-state index is -0.343. The third kappa shape index (κ3) is 3.49. The van der Waals surface area contributed by atoms with Crippen LogP contribution in [0.15, 0.2) is 72.8 Å². The molecular weight excluding hydrogens is 351 g/mol. The number of carbonyl (C=O) groups is 1. The number of rotatable bonds is 3. The monoisotopic (exact) mass is 370 g/mol. The highest BCUT2D eigenvalue weighted by atomic mass is 19.1. The topological polar surface area (TPSA) is 42.0 Å². The molecule has 0 aliphatic carbocycles.